The van der Waals surface area contributed by atoms with E-state index < -0.39 is 0 Å². The zero-order chi connectivity index (χ0) is 12.9. The van der Waals surface area contributed by atoms with Crippen LogP contribution in [-0.4, -0.2) is 11.8 Å². The zero-order valence-corrected chi connectivity index (χ0v) is 10.1. The molecule has 0 saturated heterocycles. The summed E-state index contributed by atoms with van der Waals surface area (Å²) in [6.45, 7) is 0. The van der Waals surface area contributed by atoms with Crippen LogP contribution < -0.4 is 22.5 Å². The highest BCUT2D eigenvalue weighted by atomic mass is 16.2. The van der Waals surface area contributed by atoms with Gasteiger partial charge in [-0.25, -0.2) is 11.7 Å². The van der Waals surface area contributed by atoms with Crippen LogP contribution in [0, 0.1) is 0 Å². The SMILES string of the molecule is NNC(=O)/C=C/CCCCCCCC(=O)NN. The first-order valence-electron chi connectivity index (χ1n) is 5.87. The Morgan fingerprint density at radius 2 is 1.59 bits per heavy atom. The second kappa shape index (κ2) is 11.1. The molecule has 0 heterocycles. The minimum atomic E-state index is -0.280. The normalized spacial score (nSPS) is 10.5. The standard InChI is InChI=1S/C11H22N4O2/c12-14-10(16)8-6-4-2-1-3-5-7-9-11(17)15-13/h6,8H,1-5,7,9,12-13H2,(H,14,16)(H,15,17)/b8-6+. The van der Waals surface area contributed by atoms with Crippen molar-refractivity contribution in [1.29, 1.82) is 0 Å². The quantitative estimate of drug-likeness (QED) is 0.153. The Hall–Kier alpha value is -1.40. The molecule has 0 bridgehead atoms. The number of nitrogens with one attached hydrogen (secondary N) is 2. The van der Waals surface area contributed by atoms with Crippen molar-refractivity contribution in [2.45, 2.75) is 44.9 Å². The Kier molecular flexibility index (Phi) is 10.2. The number of hydrogen-bond donors (Lipinski definition) is 4. The minimum Gasteiger partial charge on any atom is -0.294 e. The average Bonchev–Trinajstić information content (AvgIpc) is 2.35. The predicted molar refractivity (Wildman–Crippen MR) is 66.1 cm³/mol. The van der Waals surface area contributed by atoms with Crippen LogP contribution in [0.1, 0.15) is 44.9 Å². The van der Waals surface area contributed by atoms with E-state index in [-0.39, 0.29) is 11.8 Å². The average molecular weight is 242 g/mol. The molecule has 6 nitrogen and oxygen atoms in total. The molecule has 6 heteroatoms. The Morgan fingerprint density at radius 1 is 0.941 bits per heavy atom. The van der Waals surface area contributed by atoms with E-state index in [0.717, 1.165) is 38.5 Å². The van der Waals surface area contributed by atoms with Crippen LogP contribution in [0.3, 0.4) is 0 Å². The highest BCUT2D eigenvalue weighted by molar-refractivity contribution is 5.86. The van der Waals surface area contributed by atoms with Gasteiger partial charge in [0, 0.05) is 12.5 Å². The van der Waals surface area contributed by atoms with Gasteiger partial charge in [0.25, 0.3) is 5.91 Å². The number of rotatable bonds is 9. The van der Waals surface area contributed by atoms with Crippen LogP contribution in [0.4, 0.5) is 0 Å². The lowest BCUT2D eigenvalue weighted by Gasteiger charge is -2.00. The summed E-state index contributed by atoms with van der Waals surface area (Å²) in [7, 11) is 0. The smallest absolute Gasteiger partial charge is 0.257 e. The van der Waals surface area contributed by atoms with Crippen molar-refractivity contribution in [2.24, 2.45) is 11.7 Å². The third kappa shape index (κ3) is 10.9. The van der Waals surface area contributed by atoms with Crippen LogP contribution in [0.15, 0.2) is 12.2 Å². The maximum Gasteiger partial charge on any atom is 0.257 e. The van der Waals surface area contributed by atoms with Gasteiger partial charge in [-0.15, -0.1) is 0 Å². The summed E-state index contributed by atoms with van der Waals surface area (Å²) in [5.41, 5.74) is 4.13. The molecule has 0 fully saturated rings. The number of amides is 2. The molecule has 0 aromatic heterocycles. The molecule has 0 rings (SSSR count). The van der Waals surface area contributed by atoms with E-state index in [1.807, 2.05) is 11.5 Å². The van der Waals surface area contributed by atoms with E-state index in [0.29, 0.717) is 6.42 Å². The van der Waals surface area contributed by atoms with Crippen molar-refractivity contribution in [2.75, 3.05) is 0 Å². The van der Waals surface area contributed by atoms with Gasteiger partial charge in [0.1, 0.15) is 0 Å². The second-order valence-electron chi connectivity index (χ2n) is 3.78. The number of carbonyl (C=O) groups excluding carboxylic acids is 2. The van der Waals surface area contributed by atoms with E-state index >= 15 is 0 Å². The van der Waals surface area contributed by atoms with Crippen molar-refractivity contribution >= 4 is 11.8 Å². The fourth-order valence-corrected chi connectivity index (χ4v) is 1.39. The van der Waals surface area contributed by atoms with Crippen molar-refractivity contribution in [3.05, 3.63) is 12.2 Å². The van der Waals surface area contributed by atoms with Gasteiger partial charge < -0.3 is 0 Å². The third-order valence-electron chi connectivity index (χ3n) is 2.35. The maximum atomic E-state index is 10.8. The second-order valence-corrected chi connectivity index (χ2v) is 3.78. The number of carbonyl (C=O) groups is 2. The molecular weight excluding hydrogens is 220 g/mol. The van der Waals surface area contributed by atoms with Gasteiger partial charge in [-0.05, 0) is 19.3 Å². The Balaban J connectivity index is 3.21. The predicted octanol–water partition coefficient (Wildman–Crippen LogP) is 0.253. The molecule has 0 aliphatic rings. The molecule has 17 heavy (non-hydrogen) atoms. The molecule has 0 aromatic rings. The molecule has 0 radical (unpaired) electrons. The van der Waals surface area contributed by atoms with Crippen LogP contribution >= 0.6 is 0 Å². The fraction of sp³-hybridized carbons (Fsp3) is 0.636. The van der Waals surface area contributed by atoms with Crippen molar-refractivity contribution in [3.8, 4) is 0 Å². The highest BCUT2D eigenvalue weighted by Gasteiger charge is 1.97. The number of unbranched alkanes of at least 4 members (excludes halogenated alkanes) is 5. The van der Waals surface area contributed by atoms with Gasteiger partial charge in [0.15, 0.2) is 0 Å². The largest absolute Gasteiger partial charge is 0.294 e. The maximum absolute atomic E-state index is 10.8. The van der Waals surface area contributed by atoms with E-state index in [4.69, 9.17) is 11.7 Å². The van der Waals surface area contributed by atoms with Crippen molar-refractivity contribution in [1.82, 2.24) is 10.9 Å². The van der Waals surface area contributed by atoms with E-state index in [9.17, 15) is 9.59 Å². The minimum absolute atomic E-state index is 0.110. The fourth-order valence-electron chi connectivity index (χ4n) is 1.39. The first-order chi connectivity index (χ1) is 8.20. The van der Waals surface area contributed by atoms with E-state index in [1.165, 1.54) is 6.08 Å². The molecule has 6 N–H and O–H groups in total. The molecule has 0 aromatic carbocycles. The molecule has 0 aliphatic carbocycles. The first-order valence-corrected chi connectivity index (χ1v) is 5.87. The summed E-state index contributed by atoms with van der Waals surface area (Å²) in [6, 6.07) is 0. The summed E-state index contributed by atoms with van der Waals surface area (Å²) in [4.78, 5) is 21.5. The summed E-state index contributed by atoms with van der Waals surface area (Å²) < 4.78 is 0. The molecule has 0 saturated carbocycles. The van der Waals surface area contributed by atoms with Gasteiger partial charge in [-0.2, -0.15) is 0 Å². The Labute approximate surface area is 102 Å². The van der Waals surface area contributed by atoms with Crippen molar-refractivity contribution < 1.29 is 9.59 Å². The third-order valence-corrected chi connectivity index (χ3v) is 2.35. The molecular formula is C11H22N4O2. The van der Waals surface area contributed by atoms with Crippen LogP contribution in [0.5, 0.6) is 0 Å². The lowest BCUT2D eigenvalue weighted by Crippen LogP contribution is -2.29. The van der Waals surface area contributed by atoms with Gasteiger partial charge in [0.05, 0.1) is 0 Å². The monoisotopic (exact) mass is 242 g/mol. The highest BCUT2D eigenvalue weighted by Crippen LogP contribution is 2.07. The molecule has 2 amide bonds. The lowest BCUT2D eigenvalue weighted by molar-refractivity contribution is -0.121. The number of nitrogens with two attached hydrogens (primary N) is 2. The molecule has 98 valence electrons. The molecule has 0 unspecified atom stereocenters. The summed E-state index contributed by atoms with van der Waals surface area (Å²) in [6.07, 6.45) is 9.74. The topological polar surface area (TPSA) is 110 Å². The van der Waals surface area contributed by atoms with Crippen molar-refractivity contribution in [3.63, 3.8) is 0 Å². The van der Waals surface area contributed by atoms with E-state index in [1.54, 1.807) is 0 Å². The Morgan fingerprint density at radius 3 is 2.24 bits per heavy atom. The van der Waals surface area contributed by atoms with Gasteiger partial charge in [-0.1, -0.05) is 25.3 Å². The number of hydrazine groups is 2. The molecule has 0 atom stereocenters. The first kappa shape index (κ1) is 15.6. The summed E-state index contributed by atoms with van der Waals surface area (Å²) in [5.74, 6) is 9.48. The summed E-state index contributed by atoms with van der Waals surface area (Å²) in [5, 5.41) is 0. The van der Waals surface area contributed by atoms with Gasteiger partial charge in [-0.3, -0.25) is 20.4 Å². The van der Waals surface area contributed by atoms with Crippen LogP contribution in [0.2, 0.25) is 0 Å². The van der Waals surface area contributed by atoms with Crippen LogP contribution in [0.25, 0.3) is 0 Å². The zero-order valence-electron chi connectivity index (χ0n) is 10.1. The van der Waals surface area contributed by atoms with Gasteiger partial charge in [0.2, 0.25) is 5.91 Å². The number of hydrogen-bond acceptors (Lipinski definition) is 4. The lowest BCUT2D eigenvalue weighted by atomic mass is 10.1. The molecule has 0 spiro atoms. The van der Waals surface area contributed by atoms with Gasteiger partial charge >= 0.3 is 0 Å². The summed E-state index contributed by atoms with van der Waals surface area (Å²) >= 11 is 0. The Bertz CT molecular complexity index is 254. The van der Waals surface area contributed by atoms with E-state index in [2.05, 4.69) is 5.43 Å². The number of allylic oxidation sites excluding steroid dienone is 1. The van der Waals surface area contributed by atoms with Crippen LogP contribution in [-0.2, 0) is 9.59 Å². The molecule has 0 aliphatic heterocycles.